The van der Waals surface area contributed by atoms with Crippen LogP contribution in [0.1, 0.15) is 22.3 Å². The van der Waals surface area contributed by atoms with Crippen molar-refractivity contribution in [1.29, 1.82) is 0 Å². The normalized spacial score (nSPS) is 12.7. The van der Waals surface area contributed by atoms with Crippen molar-refractivity contribution in [1.82, 2.24) is 15.0 Å². The van der Waals surface area contributed by atoms with Gasteiger partial charge in [-0.05, 0) is 6.92 Å². The Morgan fingerprint density at radius 3 is 2.64 bits per heavy atom. The SMILES string of the molecule is Cc1csc(C(N)c2cncnc2)n1. The maximum atomic E-state index is 6.00. The highest BCUT2D eigenvalue weighted by Gasteiger charge is 2.12. The Morgan fingerprint density at radius 2 is 2.07 bits per heavy atom. The molecule has 0 fully saturated rings. The van der Waals surface area contributed by atoms with E-state index in [0.29, 0.717) is 0 Å². The monoisotopic (exact) mass is 206 g/mol. The molecule has 2 heterocycles. The fraction of sp³-hybridized carbons (Fsp3) is 0.222. The van der Waals surface area contributed by atoms with E-state index in [9.17, 15) is 0 Å². The molecule has 2 rings (SSSR count). The van der Waals surface area contributed by atoms with E-state index in [-0.39, 0.29) is 6.04 Å². The van der Waals surface area contributed by atoms with Crippen LogP contribution in [0.5, 0.6) is 0 Å². The minimum absolute atomic E-state index is 0.213. The zero-order valence-electron chi connectivity index (χ0n) is 7.71. The molecule has 0 saturated carbocycles. The first-order valence-corrected chi connectivity index (χ1v) is 5.08. The first kappa shape index (κ1) is 9.23. The van der Waals surface area contributed by atoms with Crippen LogP contribution in [0.25, 0.3) is 0 Å². The molecule has 5 heteroatoms. The summed E-state index contributed by atoms with van der Waals surface area (Å²) in [7, 11) is 0. The van der Waals surface area contributed by atoms with Crippen LogP contribution < -0.4 is 5.73 Å². The largest absolute Gasteiger partial charge is 0.318 e. The second-order valence-corrected chi connectivity index (χ2v) is 3.87. The average molecular weight is 206 g/mol. The van der Waals surface area contributed by atoms with Crippen LogP contribution in [-0.2, 0) is 0 Å². The smallest absolute Gasteiger partial charge is 0.115 e. The van der Waals surface area contributed by atoms with Crippen LogP contribution >= 0.6 is 11.3 Å². The Morgan fingerprint density at radius 1 is 1.36 bits per heavy atom. The molecule has 1 unspecified atom stereocenters. The minimum atomic E-state index is -0.213. The van der Waals surface area contributed by atoms with Crippen LogP contribution in [0.2, 0.25) is 0 Å². The molecule has 0 bridgehead atoms. The van der Waals surface area contributed by atoms with E-state index in [4.69, 9.17) is 5.73 Å². The van der Waals surface area contributed by atoms with Crippen molar-refractivity contribution in [3.05, 3.63) is 40.4 Å². The summed E-state index contributed by atoms with van der Waals surface area (Å²) in [5, 5.41) is 2.89. The van der Waals surface area contributed by atoms with Gasteiger partial charge in [-0.1, -0.05) is 0 Å². The third-order valence-electron chi connectivity index (χ3n) is 1.84. The van der Waals surface area contributed by atoms with Crippen molar-refractivity contribution in [3.63, 3.8) is 0 Å². The van der Waals surface area contributed by atoms with E-state index in [0.717, 1.165) is 16.3 Å². The Hall–Kier alpha value is -1.33. The maximum absolute atomic E-state index is 6.00. The topological polar surface area (TPSA) is 64.7 Å². The first-order chi connectivity index (χ1) is 6.77. The molecule has 0 saturated heterocycles. The molecular formula is C9H10N4S. The highest BCUT2D eigenvalue weighted by Crippen LogP contribution is 2.21. The van der Waals surface area contributed by atoms with Crippen molar-refractivity contribution in [2.45, 2.75) is 13.0 Å². The van der Waals surface area contributed by atoms with Gasteiger partial charge >= 0.3 is 0 Å². The first-order valence-electron chi connectivity index (χ1n) is 4.20. The van der Waals surface area contributed by atoms with E-state index in [1.54, 1.807) is 23.7 Å². The van der Waals surface area contributed by atoms with Crippen LogP contribution in [0.15, 0.2) is 24.1 Å². The Balaban J connectivity index is 2.29. The van der Waals surface area contributed by atoms with Gasteiger partial charge in [0, 0.05) is 29.0 Å². The van der Waals surface area contributed by atoms with Gasteiger partial charge in [0.2, 0.25) is 0 Å². The van der Waals surface area contributed by atoms with Gasteiger partial charge < -0.3 is 5.73 Å². The van der Waals surface area contributed by atoms with E-state index in [1.807, 2.05) is 12.3 Å². The van der Waals surface area contributed by atoms with Crippen molar-refractivity contribution in [3.8, 4) is 0 Å². The maximum Gasteiger partial charge on any atom is 0.115 e. The van der Waals surface area contributed by atoms with Gasteiger partial charge in [-0.25, -0.2) is 15.0 Å². The van der Waals surface area contributed by atoms with Crippen molar-refractivity contribution in [2.24, 2.45) is 5.73 Å². The van der Waals surface area contributed by atoms with Crippen LogP contribution in [-0.4, -0.2) is 15.0 Å². The molecule has 2 aromatic rings. The summed E-state index contributed by atoms with van der Waals surface area (Å²) in [6, 6.07) is -0.213. The van der Waals surface area contributed by atoms with E-state index in [2.05, 4.69) is 15.0 Å². The van der Waals surface area contributed by atoms with Crippen molar-refractivity contribution < 1.29 is 0 Å². The summed E-state index contributed by atoms with van der Waals surface area (Å²) in [4.78, 5) is 12.2. The molecule has 1 atom stereocenters. The molecule has 0 aromatic carbocycles. The minimum Gasteiger partial charge on any atom is -0.318 e. The second-order valence-electron chi connectivity index (χ2n) is 2.98. The van der Waals surface area contributed by atoms with Gasteiger partial charge in [0.25, 0.3) is 0 Å². The fourth-order valence-corrected chi connectivity index (χ4v) is 1.95. The summed E-state index contributed by atoms with van der Waals surface area (Å²) >= 11 is 1.56. The third kappa shape index (κ3) is 1.78. The van der Waals surface area contributed by atoms with Gasteiger partial charge in [0.1, 0.15) is 11.3 Å². The Labute approximate surface area is 85.9 Å². The van der Waals surface area contributed by atoms with Gasteiger partial charge in [0.15, 0.2) is 0 Å². The number of aryl methyl sites for hydroxylation is 1. The predicted molar refractivity (Wildman–Crippen MR) is 54.9 cm³/mol. The lowest BCUT2D eigenvalue weighted by atomic mass is 10.2. The van der Waals surface area contributed by atoms with Gasteiger partial charge in [-0.15, -0.1) is 11.3 Å². The number of nitrogens with zero attached hydrogens (tertiary/aromatic N) is 3. The van der Waals surface area contributed by atoms with E-state index in [1.165, 1.54) is 6.33 Å². The summed E-state index contributed by atoms with van der Waals surface area (Å²) < 4.78 is 0. The highest BCUT2D eigenvalue weighted by molar-refractivity contribution is 7.09. The number of aromatic nitrogens is 3. The fourth-order valence-electron chi connectivity index (χ4n) is 1.13. The Kier molecular flexibility index (Phi) is 2.51. The third-order valence-corrected chi connectivity index (χ3v) is 2.89. The summed E-state index contributed by atoms with van der Waals surface area (Å²) in [5.41, 5.74) is 7.89. The molecule has 0 radical (unpaired) electrons. The number of thiazole rings is 1. The lowest BCUT2D eigenvalue weighted by molar-refractivity contribution is 0.835. The lowest BCUT2D eigenvalue weighted by Gasteiger charge is -2.06. The summed E-state index contributed by atoms with van der Waals surface area (Å²) in [5.74, 6) is 0. The van der Waals surface area contributed by atoms with Crippen molar-refractivity contribution >= 4 is 11.3 Å². The quantitative estimate of drug-likeness (QED) is 0.804. The van der Waals surface area contributed by atoms with E-state index >= 15 is 0 Å². The van der Waals surface area contributed by atoms with Gasteiger partial charge in [0.05, 0.1) is 6.04 Å². The van der Waals surface area contributed by atoms with Crippen LogP contribution in [0.4, 0.5) is 0 Å². The molecule has 4 nitrogen and oxygen atoms in total. The highest BCUT2D eigenvalue weighted by atomic mass is 32.1. The molecule has 72 valence electrons. The van der Waals surface area contributed by atoms with Crippen LogP contribution in [0, 0.1) is 6.92 Å². The molecular weight excluding hydrogens is 196 g/mol. The molecule has 0 amide bonds. The number of hydrogen-bond donors (Lipinski definition) is 1. The zero-order chi connectivity index (χ0) is 9.97. The van der Waals surface area contributed by atoms with Crippen molar-refractivity contribution in [2.75, 3.05) is 0 Å². The molecule has 14 heavy (non-hydrogen) atoms. The standard InChI is InChI=1S/C9H10N4S/c1-6-4-14-9(13-6)8(10)7-2-11-5-12-3-7/h2-5,8H,10H2,1H3. The second kappa shape index (κ2) is 3.81. The molecule has 2 N–H and O–H groups in total. The predicted octanol–water partition coefficient (Wildman–Crippen LogP) is 1.29. The molecule has 0 spiro atoms. The average Bonchev–Trinajstić information content (AvgIpc) is 2.65. The number of hydrogen-bond acceptors (Lipinski definition) is 5. The molecule has 0 aliphatic rings. The van der Waals surface area contributed by atoms with E-state index < -0.39 is 0 Å². The zero-order valence-corrected chi connectivity index (χ0v) is 8.53. The van der Waals surface area contributed by atoms with Gasteiger partial charge in [-0.2, -0.15) is 0 Å². The summed E-state index contributed by atoms with van der Waals surface area (Å²) in [6.07, 6.45) is 4.92. The molecule has 2 aromatic heterocycles. The number of rotatable bonds is 2. The van der Waals surface area contributed by atoms with Crippen LogP contribution in [0.3, 0.4) is 0 Å². The number of nitrogens with two attached hydrogens (primary N) is 1. The molecule has 0 aliphatic carbocycles. The van der Waals surface area contributed by atoms with Gasteiger partial charge in [-0.3, -0.25) is 0 Å². The Bertz CT molecular complexity index is 412. The lowest BCUT2D eigenvalue weighted by Crippen LogP contribution is -2.12. The summed E-state index contributed by atoms with van der Waals surface area (Å²) in [6.45, 7) is 1.95. The molecule has 0 aliphatic heterocycles.